The van der Waals surface area contributed by atoms with Gasteiger partial charge in [-0.1, -0.05) is 26.0 Å². The molecule has 2 aromatic heterocycles. The zero-order valence-electron chi connectivity index (χ0n) is 22.8. The molecule has 0 atom stereocenters. The lowest BCUT2D eigenvalue weighted by molar-refractivity contribution is 0.0868. The number of fused-ring (bicyclic) bond motifs is 1. The van der Waals surface area contributed by atoms with Crippen LogP contribution in [-0.4, -0.2) is 57.3 Å². The number of nitrogens with one attached hydrogen (secondary N) is 3. The lowest BCUT2D eigenvalue weighted by Gasteiger charge is -2.23. The van der Waals surface area contributed by atoms with Crippen LogP contribution in [0.5, 0.6) is 5.75 Å². The van der Waals surface area contributed by atoms with Gasteiger partial charge in [-0.3, -0.25) is 9.59 Å². The van der Waals surface area contributed by atoms with E-state index in [0.29, 0.717) is 46.6 Å². The Morgan fingerprint density at radius 1 is 1.00 bits per heavy atom. The summed E-state index contributed by atoms with van der Waals surface area (Å²) in [5.41, 5.74) is 3.38. The highest BCUT2D eigenvalue weighted by atomic mass is 16.5. The van der Waals surface area contributed by atoms with E-state index in [1.165, 1.54) is 7.11 Å². The number of nitrogens with zero attached hydrogens (tertiary/aromatic N) is 3. The van der Waals surface area contributed by atoms with E-state index >= 15 is 0 Å². The second-order valence-corrected chi connectivity index (χ2v) is 10.4. The normalized spacial score (nSPS) is 11.5. The number of carbonyl (C=O) groups is 2. The third kappa shape index (κ3) is 6.71. The van der Waals surface area contributed by atoms with Gasteiger partial charge in [0.25, 0.3) is 11.8 Å². The highest BCUT2D eigenvalue weighted by molar-refractivity contribution is 5.96. The predicted octanol–water partition coefficient (Wildman–Crippen LogP) is 4.04. The first-order chi connectivity index (χ1) is 18.6. The first kappa shape index (κ1) is 27.6. The molecule has 39 heavy (non-hydrogen) atoms. The summed E-state index contributed by atoms with van der Waals surface area (Å²) in [4.78, 5) is 29.4. The van der Waals surface area contributed by atoms with Crippen molar-refractivity contribution in [3.05, 3.63) is 71.9 Å². The summed E-state index contributed by atoms with van der Waals surface area (Å²) in [6.07, 6.45) is 1.87. The van der Waals surface area contributed by atoms with Gasteiger partial charge in [0.15, 0.2) is 5.65 Å². The Morgan fingerprint density at radius 3 is 2.36 bits per heavy atom. The van der Waals surface area contributed by atoms with Crippen molar-refractivity contribution < 1.29 is 19.4 Å². The fraction of sp³-hybridized carbons (Fsp3) is 0.310. The minimum atomic E-state index is -0.745. The van der Waals surface area contributed by atoms with E-state index in [4.69, 9.17) is 4.74 Å². The molecular weight excluding hydrogens is 496 g/mol. The molecule has 4 N–H and O–H groups in total. The molecule has 0 radical (unpaired) electrons. The van der Waals surface area contributed by atoms with E-state index in [9.17, 15) is 14.7 Å². The molecule has 204 valence electrons. The summed E-state index contributed by atoms with van der Waals surface area (Å²) in [5, 5.41) is 22.8. The third-order valence-electron chi connectivity index (χ3n) is 6.04. The fourth-order valence-electron chi connectivity index (χ4n) is 3.79. The number of aromatic nitrogens is 3. The molecule has 0 fully saturated rings. The molecule has 0 aliphatic rings. The van der Waals surface area contributed by atoms with E-state index in [-0.39, 0.29) is 18.4 Å². The minimum absolute atomic E-state index is 0.0872. The summed E-state index contributed by atoms with van der Waals surface area (Å²) in [6.45, 7) is 8.03. The maximum atomic E-state index is 12.6. The Hall–Kier alpha value is -4.44. The van der Waals surface area contributed by atoms with Crippen molar-refractivity contribution in [1.29, 1.82) is 0 Å². The Morgan fingerprint density at radius 2 is 1.69 bits per heavy atom. The topological polar surface area (TPSA) is 130 Å². The van der Waals surface area contributed by atoms with Gasteiger partial charge >= 0.3 is 0 Å². The van der Waals surface area contributed by atoms with Crippen LogP contribution in [0.3, 0.4) is 0 Å². The van der Waals surface area contributed by atoms with Crippen LogP contribution in [0.15, 0.2) is 60.8 Å². The van der Waals surface area contributed by atoms with Gasteiger partial charge in [-0.25, -0.2) is 4.52 Å². The van der Waals surface area contributed by atoms with Crippen molar-refractivity contribution in [3.8, 4) is 16.9 Å². The van der Waals surface area contributed by atoms with Gasteiger partial charge in [0, 0.05) is 29.4 Å². The first-order valence-corrected chi connectivity index (χ1v) is 12.7. The van der Waals surface area contributed by atoms with E-state index in [1.54, 1.807) is 36.6 Å². The summed E-state index contributed by atoms with van der Waals surface area (Å²) < 4.78 is 7.16. The highest BCUT2D eigenvalue weighted by Gasteiger charge is 2.21. The number of ether oxygens (including phenoxy) is 1. The molecule has 0 aliphatic heterocycles. The maximum Gasteiger partial charge on any atom is 0.251 e. The number of hydrogen-bond acceptors (Lipinski definition) is 7. The number of amides is 2. The molecule has 0 spiro atoms. The van der Waals surface area contributed by atoms with Crippen LogP contribution in [0.25, 0.3) is 16.8 Å². The molecule has 2 heterocycles. The van der Waals surface area contributed by atoms with Gasteiger partial charge in [0.1, 0.15) is 5.75 Å². The fourth-order valence-corrected chi connectivity index (χ4v) is 3.79. The number of aliphatic hydroxyl groups is 1. The number of pyridine rings is 1. The largest absolute Gasteiger partial charge is 0.495 e. The van der Waals surface area contributed by atoms with Crippen molar-refractivity contribution in [2.75, 3.05) is 25.6 Å². The van der Waals surface area contributed by atoms with Crippen LogP contribution in [0.4, 0.5) is 11.6 Å². The molecule has 0 saturated carbocycles. The summed E-state index contributed by atoms with van der Waals surface area (Å²) in [7, 11) is 1.52. The molecule has 2 amide bonds. The van der Waals surface area contributed by atoms with E-state index in [0.717, 1.165) is 11.1 Å². The monoisotopic (exact) mass is 530 g/mol. The molecule has 0 saturated heterocycles. The van der Waals surface area contributed by atoms with Crippen LogP contribution < -0.4 is 20.7 Å². The molecule has 2 aromatic carbocycles. The van der Waals surface area contributed by atoms with Crippen molar-refractivity contribution in [3.63, 3.8) is 0 Å². The smallest absolute Gasteiger partial charge is 0.251 e. The van der Waals surface area contributed by atoms with Crippen LogP contribution in [0.1, 0.15) is 48.4 Å². The Balaban J connectivity index is 1.50. The number of benzene rings is 2. The average molecular weight is 531 g/mol. The van der Waals surface area contributed by atoms with Crippen LogP contribution in [0, 0.1) is 5.92 Å². The van der Waals surface area contributed by atoms with Crippen LogP contribution in [-0.2, 0) is 0 Å². The molecule has 10 heteroatoms. The average Bonchev–Trinajstić information content (AvgIpc) is 3.33. The molecule has 10 nitrogen and oxygen atoms in total. The third-order valence-corrected chi connectivity index (χ3v) is 6.04. The molecule has 0 bridgehead atoms. The zero-order valence-corrected chi connectivity index (χ0v) is 22.8. The first-order valence-electron chi connectivity index (χ1n) is 12.7. The summed E-state index contributed by atoms with van der Waals surface area (Å²) in [6, 6.07) is 16.2. The maximum absolute atomic E-state index is 12.6. The van der Waals surface area contributed by atoms with Gasteiger partial charge in [-0.05, 0) is 67.8 Å². The SMILES string of the molecule is COc1cc(C(=O)NC(C)(C)CO)ccc1Nc1nc2ccc(-c3ccc(C(=O)NCC(C)C)cc3)cn2n1. The van der Waals surface area contributed by atoms with Gasteiger partial charge < -0.3 is 25.8 Å². The number of methoxy groups -OCH3 is 1. The lowest BCUT2D eigenvalue weighted by atomic mass is 10.1. The second kappa shape index (κ2) is 11.5. The number of carbonyl (C=O) groups excluding carboxylic acids is 2. The highest BCUT2D eigenvalue weighted by Crippen LogP contribution is 2.28. The van der Waals surface area contributed by atoms with Gasteiger partial charge in [-0.2, -0.15) is 4.98 Å². The van der Waals surface area contributed by atoms with Crippen LogP contribution in [0.2, 0.25) is 0 Å². The van der Waals surface area contributed by atoms with Crippen molar-refractivity contribution in [1.82, 2.24) is 25.2 Å². The quantitative estimate of drug-likeness (QED) is 0.244. The number of anilines is 2. The molecule has 0 unspecified atom stereocenters. The Kier molecular flexibility index (Phi) is 8.15. The predicted molar refractivity (Wildman–Crippen MR) is 151 cm³/mol. The Labute approximate surface area is 227 Å². The summed E-state index contributed by atoms with van der Waals surface area (Å²) in [5.74, 6) is 0.791. The Bertz CT molecular complexity index is 1480. The van der Waals surface area contributed by atoms with Gasteiger partial charge in [0.2, 0.25) is 5.95 Å². The number of rotatable bonds is 10. The second-order valence-electron chi connectivity index (χ2n) is 10.4. The molecular formula is C29H34N6O4. The van der Waals surface area contributed by atoms with Crippen molar-refractivity contribution in [2.45, 2.75) is 33.2 Å². The number of aliphatic hydroxyl groups excluding tert-OH is 1. The van der Waals surface area contributed by atoms with E-state index < -0.39 is 5.54 Å². The van der Waals surface area contributed by atoms with Gasteiger partial charge in [-0.15, -0.1) is 5.10 Å². The van der Waals surface area contributed by atoms with E-state index in [1.807, 2.05) is 42.6 Å². The summed E-state index contributed by atoms with van der Waals surface area (Å²) >= 11 is 0. The molecule has 4 aromatic rings. The number of hydrogen-bond donors (Lipinski definition) is 4. The molecule has 0 aliphatic carbocycles. The lowest BCUT2D eigenvalue weighted by Crippen LogP contribution is -2.46. The molecule has 4 rings (SSSR count). The standard InChI is InChI=1S/C29H34N6O4/c1-18(2)15-30-26(37)20-8-6-19(7-9-20)22-11-13-25-32-28(34-35(25)16-22)31-23-12-10-21(14-24(23)39-5)27(38)33-29(3,4)17-36/h6-14,16,18,36H,15,17H2,1-5H3,(H,30,37)(H,31,34)(H,33,38). The van der Waals surface area contributed by atoms with E-state index in [2.05, 4.69) is 39.9 Å². The van der Waals surface area contributed by atoms with Gasteiger partial charge in [0.05, 0.1) is 24.9 Å². The van der Waals surface area contributed by atoms with Crippen molar-refractivity contribution in [2.24, 2.45) is 5.92 Å². The van der Waals surface area contributed by atoms with Crippen LogP contribution >= 0.6 is 0 Å². The zero-order chi connectivity index (χ0) is 28.2. The minimum Gasteiger partial charge on any atom is -0.495 e. The van der Waals surface area contributed by atoms with Crippen molar-refractivity contribution >= 4 is 29.1 Å².